The predicted octanol–water partition coefficient (Wildman–Crippen LogP) is 2.63. The fourth-order valence-corrected chi connectivity index (χ4v) is 5.29. The van der Waals surface area contributed by atoms with E-state index in [0.717, 1.165) is 36.2 Å². The van der Waals surface area contributed by atoms with Crippen molar-refractivity contribution in [3.8, 4) is 0 Å². The molecule has 0 spiro atoms. The van der Waals surface area contributed by atoms with E-state index in [1.807, 2.05) is 19.2 Å². The Morgan fingerprint density at radius 3 is 2.60 bits per heavy atom. The highest BCUT2D eigenvalue weighted by atomic mass is 32.2. The lowest BCUT2D eigenvalue weighted by Crippen LogP contribution is -2.31. The molecule has 0 amide bonds. The number of hydrogen-bond donors (Lipinski definition) is 2. The summed E-state index contributed by atoms with van der Waals surface area (Å²) in [4.78, 5) is 1.38. The molecule has 0 atom stereocenters. The molecule has 1 aliphatic rings. The molecule has 1 heterocycles. The summed E-state index contributed by atoms with van der Waals surface area (Å²) in [5.41, 5.74) is 1.07. The maximum absolute atomic E-state index is 12.6. The Labute approximate surface area is 126 Å². The van der Waals surface area contributed by atoms with Crippen molar-refractivity contribution in [3.05, 3.63) is 15.8 Å². The van der Waals surface area contributed by atoms with E-state index < -0.39 is 10.0 Å². The van der Waals surface area contributed by atoms with Crippen LogP contribution in [0, 0.1) is 12.3 Å². The van der Waals surface area contributed by atoms with Crippen LogP contribution in [0.4, 0.5) is 0 Å². The molecule has 0 radical (unpaired) electrons. The van der Waals surface area contributed by atoms with Crippen molar-refractivity contribution in [1.29, 1.82) is 0 Å². The van der Waals surface area contributed by atoms with Crippen molar-refractivity contribution in [3.63, 3.8) is 0 Å². The molecule has 114 valence electrons. The summed E-state index contributed by atoms with van der Waals surface area (Å²) < 4.78 is 27.9. The number of nitrogens with one attached hydrogen (secondary N) is 2. The normalized spacial score (nSPS) is 17.4. The van der Waals surface area contributed by atoms with Gasteiger partial charge in [0.05, 0.1) is 0 Å². The SMILES string of the molecule is CCNCc1scc(C)c1S(=O)(=O)NCC1(CC)CC1. The monoisotopic (exact) mass is 316 g/mol. The second-order valence-electron chi connectivity index (χ2n) is 5.63. The van der Waals surface area contributed by atoms with Gasteiger partial charge in [-0.05, 0) is 49.1 Å². The molecule has 0 aromatic carbocycles. The maximum atomic E-state index is 12.6. The molecule has 0 aliphatic heterocycles. The standard InChI is InChI=1S/C14H24N2O2S2/c1-4-14(6-7-14)10-16-20(17,18)13-11(3)9-19-12(13)8-15-5-2/h9,15-16H,4-8,10H2,1-3H3. The average Bonchev–Trinajstić information content (AvgIpc) is 3.11. The summed E-state index contributed by atoms with van der Waals surface area (Å²) in [5, 5.41) is 5.13. The average molecular weight is 316 g/mol. The number of rotatable bonds is 8. The van der Waals surface area contributed by atoms with E-state index >= 15 is 0 Å². The molecule has 2 rings (SSSR count). The van der Waals surface area contributed by atoms with E-state index in [4.69, 9.17) is 0 Å². The Hall–Kier alpha value is -0.430. The van der Waals surface area contributed by atoms with Crippen LogP contribution in [-0.2, 0) is 16.6 Å². The fraction of sp³-hybridized carbons (Fsp3) is 0.714. The molecule has 1 aliphatic carbocycles. The molecule has 0 saturated heterocycles. The summed E-state index contributed by atoms with van der Waals surface area (Å²) >= 11 is 1.52. The van der Waals surface area contributed by atoms with Crippen LogP contribution >= 0.6 is 11.3 Å². The van der Waals surface area contributed by atoms with Gasteiger partial charge in [0, 0.05) is 18.0 Å². The van der Waals surface area contributed by atoms with Crippen LogP contribution in [0.3, 0.4) is 0 Å². The van der Waals surface area contributed by atoms with Crippen LogP contribution in [0.5, 0.6) is 0 Å². The first-order chi connectivity index (χ1) is 9.44. The molecular formula is C14H24N2O2S2. The molecule has 1 aromatic heterocycles. The molecule has 1 saturated carbocycles. The molecule has 0 bridgehead atoms. The third-order valence-electron chi connectivity index (χ3n) is 4.14. The first-order valence-corrected chi connectivity index (χ1v) is 9.58. The molecule has 6 heteroatoms. The lowest BCUT2D eigenvalue weighted by Gasteiger charge is -2.15. The van der Waals surface area contributed by atoms with E-state index in [9.17, 15) is 8.42 Å². The first kappa shape index (κ1) is 15.9. The highest BCUT2D eigenvalue weighted by molar-refractivity contribution is 7.89. The maximum Gasteiger partial charge on any atom is 0.242 e. The van der Waals surface area contributed by atoms with Crippen LogP contribution in [0.2, 0.25) is 0 Å². The number of aryl methyl sites for hydroxylation is 1. The minimum Gasteiger partial charge on any atom is -0.312 e. The Morgan fingerprint density at radius 2 is 2.05 bits per heavy atom. The van der Waals surface area contributed by atoms with E-state index in [2.05, 4.69) is 17.0 Å². The third-order valence-corrected chi connectivity index (χ3v) is 7.00. The molecule has 4 nitrogen and oxygen atoms in total. The van der Waals surface area contributed by atoms with Gasteiger partial charge in [0.1, 0.15) is 4.90 Å². The van der Waals surface area contributed by atoms with Gasteiger partial charge in [-0.1, -0.05) is 13.8 Å². The highest BCUT2D eigenvalue weighted by Gasteiger charge is 2.41. The van der Waals surface area contributed by atoms with E-state index in [1.165, 1.54) is 11.3 Å². The topological polar surface area (TPSA) is 58.2 Å². The Kier molecular flexibility index (Phi) is 4.89. The van der Waals surface area contributed by atoms with Gasteiger partial charge in [0.25, 0.3) is 0 Å². The van der Waals surface area contributed by atoms with Gasteiger partial charge in [0.15, 0.2) is 0 Å². The summed E-state index contributed by atoms with van der Waals surface area (Å²) in [6.07, 6.45) is 3.32. The fourth-order valence-electron chi connectivity index (χ4n) is 2.36. The molecule has 2 N–H and O–H groups in total. The largest absolute Gasteiger partial charge is 0.312 e. The highest BCUT2D eigenvalue weighted by Crippen LogP contribution is 2.48. The van der Waals surface area contributed by atoms with Crippen molar-refractivity contribution in [2.24, 2.45) is 5.41 Å². The summed E-state index contributed by atoms with van der Waals surface area (Å²) in [5.74, 6) is 0. The first-order valence-electron chi connectivity index (χ1n) is 7.21. The van der Waals surface area contributed by atoms with Crippen molar-refractivity contribution in [1.82, 2.24) is 10.0 Å². The van der Waals surface area contributed by atoms with Gasteiger partial charge in [-0.3, -0.25) is 0 Å². The Bertz CT molecular complexity index is 560. The third kappa shape index (κ3) is 3.42. The van der Waals surface area contributed by atoms with Crippen molar-refractivity contribution in [2.75, 3.05) is 13.1 Å². The number of sulfonamides is 1. The van der Waals surface area contributed by atoms with Crippen LogP contribution in [0.15, 0.2) is 10.3 Å². The van der Waals surface area contributed by atoms with Crippen LogP contribution in [0.25, 0.3) is 0 Å². The smallest absolute Gasteiger partial charge is 0.242 e. The minimum absolute atomic E-state index is 0.221. The van der Waals surface area contributed by atoms with Gasteiger partial charge in [0.2, 0.25) is 10.0 Å². The van der Waals surface area contributed by atoms with E-state index in [0.29, 0.717) is 18.0 Å². The quantitative estimate of drug-likeness (QED) is 0.775. The summed E-state index contributed by atoms with van der Waals surface area (Å²) in [7, 11) is -3.39. The second kappa shape index (κ2) is 6.13. The summed E-state index contributed by atoms with van der Waals surface area (Å²) in [6, 6.07) is 0. The van der Waals surface area contributed by atoms with Crippen molar-refractivity contribution < 1.29 is 8.42 Å². The molecule has 1 fully saturated rings. The lowest BCUT2D eigenvalue weighted by molar-refractivity contribution is 0.475. The predicted molar refractivity (Wildman–Crippen MR) is 83.6 cm³/mol. The molecule has 0 unspecified atom stereocenters. The van der Waals surface area contributed by atoms with E-state index in [1.54, 1.807) is 0 Å². The van der Waals surface area contributed by atoms with Crippen molar-refractivity contribution >= 4 is 21.4 Å². The summed E-state index contributed by atoms with van der Waals surface area (Å²) in [6.45, 7) is 8.04. The van der Waals surface area contributed by atoms with Crippen LogP contribution in [0.1, 0.15) is 43.6 Å². The number of thiophene rings is 1. The zero-order valence-electron chi connectivity index (χ0n) is 12.5. The zero-order chi connectivity index (χ0) is 14.8. The van der Waals surface area contributed by atoms with Gasteiger partial charge < -0.3 is 5.32 Å². The van der Waals surface area contributed by atoms with Gasteiger partial charge in [-0.15, -0.1) is 11.3 Å². The second-order valence-corrected chi connectivity index (χ2v) is 8.30. The van der Waals surface area contributed by atoms with Gasteiger partial charge in [-0.25, -0.2) is 13.1 Å². The van der Waals surface area contributed by atoms with E-state index in [-0.39, 0.29) is 5.41 Å². The molecule has 20 heavy (non-hydrogen) atoms. The zero-order valence-corrected chi connectivity index (χ0v) is 14.1. The van der Waals surface area contributed by atoms with Gasteiger partial charge >= 0.3 is 0 Å². The Morgan fingerprint density at radius 1 is 1.35 bits per heavy atom. The molecule has 1 aromatic rings. The van der Waals surface area contributed by atoms with Crippen molar-refractivity contribution in [2.45, 2.75) is 51.5 Å². The lowest BCUT2D eigenvalue weighted by atomic mass is 10.1. The van der Waals surface area contributed by atoms with Crippen LogP contribution in [-0.4, -0.2) is 21.5 Å². The molecular weight excluding hydrogens is 292 g/mol. The minimum atomic E-state index is -3.39. The van der Waals surface area contributed by atoms with Gasteiger partial charge in [-0.2, -0.15) is 0 Å². The number of hydrogen-bond acceptors (Lipinski definition) is 4. The Balaban J connectivity index is 2.14. The van der Waals surface area contributed by atoms with Crippen LogP contribution < -0.4 is 10.0 Å².